The summed E-state index contributed by atoms with van der Waals surface area (Å²) >= 11 is 12.1. The Kier molecular flexibility index (Phi) is 4.25. The van der Waals surface area contributed by atoms with Crippen molar-refractivity contribution >= 4 is 34.8 Å². The Balaban J connectivity index is 1.56. The van der Waals surface area contributed by atoms with Crippen LogP contribution in [0.1, 0.15) is 24.1 Å². The van der Waals surface area contributed by atoms with Gasteiger partial charge in [0.05, 0.1) is 11.1 Å². The molecule has 4 nitrogen and oxygen atoms in total. The Hall–Kier alpha value is -2.30. The number of hydrogen-bond donors (Lipinski definition) is 1. The first-order chi connectivity index (χ1) is 12.5. The first kappa shape index (κ1) is 17.1. The van der Waals surface area contributed by atoms with Crippen molar-refractivity contribution in [1.82, 2.24) is 5.16 Å². The summed E-state index contributed by atoms with van der Waals surface area (Å²) in [6.07, 6.45) is 1.48. The summed E-state index contributed by atoms with van der Waals surface area (Å²) in [5.74, 6) is 0.530. The molecule has 0 radical (unpaired) electrons. The van der Waals surface area contributed by atoms with Crippen LogP contribution in [-0.2, 0) is 10.2 Å². The first-order valence-electron chi connectivity index (χ1n) is 8.29. The number of halogens is 2. The molecule has 1 heterocycles. The molecule has 6 heteroatoms. The molecule has 132 valence electrons. The highest BCUT2D eigenvalue weighted by Gasteiger charge is 2.53. The quantitative estimate of drug-likeness (QED) is 0.632. The van der Waals surface area contributed by atoms with Crippen LogP contribution < -0.4 is 5.32 Å². The van der Waals surface area contributed by atoms with Gasteiger partial charge < -0.3 is 9.84 Å². The van der Waals surface area contributed by atoms with Crippen molar-refractivity contribution in [2.24, 2.45) is 0 Å². The molecule has 0 spiro atoms. The zero-order chi connectivity index (χ0) is 18.3. The van der Waals surface area contributed by atoms with E-state index >= 15 is 0 Å². The molecule has 1 N–H and O–H groups in total. The van der Waals surface area contributed by atoms with Gasteiger partial charge in [-0.1, -0.05) is 34.4 Å². The van der Waals surface area contributed by atoms with E-state index in [2.05, 4.69) is 10.5 Å². The first-order valence-corrected chi connectivity index (χ1v) is 9.04. The average molecular weight is 387 g/mol. The summed E-state index contributed by atoms with van der Waals surface area (Å²) in [6, 6.07) is 14.6. The van der Waals surface area contributed by atoms with Gasteiger partial charge >= 0.3 is 0 Å². The number of benzene rings is 2. The minimum Gasteiger partial charge on any atom is -0.356 e. The SMILES string of the molecule is Cc1ccc(NC(=O)C2(c3cc(-c4ccc(Cl)cc4)on3)CC2)cc1Cl. The largest absolute Gasteiger partial charge is 0.356 e. The van der Waals surface area contributed by atoms with E-state index in [0.29, 0.717) is 27.2 Å². The number of anilines is 1. The van der Waals surface area contributed by atoms with Crippen LogP contribution in [0.4, 0.5) is 5.69 Å². The maximum atomic E-state index is 12.8. The lowest BCUT2D eigenvalue weighted by molar-refractivity contribution is -0.118. The summed E-state index contributed by atoms with van der Waals surface area (Å²) in [4.78, 5) is 12.8. The maximum absolute atomic E-state index is 12.8. The average Bonchev–Trinajstić information content (AvgIpc) is 3.29. The predicted molar refractivity (Wildman–Crippen MR) is 103 cm³/mol. The van der Waals surface area contributed by atoms with E-state index in [1.165, 1.54) is 0 Å². The second kappa shape index (κ2) is 6.45. The smallest absolute Gasteiger partial charge is 0.236 e. The fourth-order valence-electron chi connectivity index (χ4n) is 2.90. The number of hydrogen-bond acceptors (Lipinski definition) is 3. The number of nitrogens with one attached hydrogen (secondary N) is 1. The molecule has 0 bridgehead atoms. The minimum absolute atomic E-state index is 0.0895. The predicted octanol–water partition coefficient (Wildman–Crippen LogP) is 5.63. The molecule has 1 fully saturated rings. The van der Waals surface area contributed by atoms with Gasteiger partial charge in [-0.05, 0) is 61.7 Å². The van der Waals surface area contributed by atoms with Crippen molar-refractivity contribution in [2.75, 3.05) is 5.32 Å². The van der Waals surface area contributed by atoms with Crippen molar-refractivity contribution in [1.29, 1.82) is 0 Å². The highest BCUT2D eigenvalue weighted by Crippen LogP contribution is 2.49. The van der Waals surface area contributed by atoms with Crippen LogP contribution in [0.25, 0.3) is 11.3 Å². The van der Waals surface area contributed by atoms with Crippen LogP contribution in [-0.4, -0.2) is 11.1 Å². The molecule has 0 atom stereocenters. The molecule has 3 aromatic rings. The number of amides is 1. The van der Waals surface area contributed by atoms with Crippen molar-refractivity contribution in [3.05, 3.63) is 69.8 Å². The summed E-state index contributed by atoms with van der Waals surface area (Å²) in [5, 5.41) is 8.37. The van der Waals surface area contributed by atoms with Crippen molar-refractivity contribution in [2.45, 2.75) is 25.2 Å². The zero-order valence-corrected chi connectivity index (χ0v) is 15.6. The van der Waals surface area contributed by atoms with Crippen molar-refractivity contribution in [3.8, 4) is 11.3 Å². The molecule has 1 aromatic heterocycles. The molecule has 1 aliphatic carbocycles. The van der Waals surface area contributed by atoms with Crippen LogP contribution in [0.15, 0.2) is 53.1 Å². The lowest BCUT2D eigenvalue weighted by atomic mass is 10.00. The van der Waals surface area contributed by atoms with E-state index in [1.807, 2.05) is 37.3 Å². The molecular formula is C20H16Cl2N2O2. The van der Waals surface area contributed by atoms with Crippen LogP contribution in [0.5, 0.6) is 0 Å². The third-order valence-corrected chi connectivity index (χ3v) is 5.40. The Morgan fingerprint density at radius 2 is 1.85 bits per heavy atom. The lowest BCUT2D eigenvalue weighted by Gasteiger charge is -2.13. The number of aromatic nitrogens is 1. The summed E-state index contributed by atoms with van der Waals surface area (Å²) < 4.78 is 5.46. The molecule has 0 unspecified atom stereocenters. The van der Waals surface area contributed by atoms with Gasteiger partial charge in [-0.3, -0.25) is 4.79 Å². The van der Waals surface area contributed by atoms with Crippen molar-refractivity contribution in [3.63, 3.8) is 0 Å². The third-order valence-electron chi connectivity index (χ3n) is 4.74. The van der Waals surface area contributed by atoms with E-state index in [-0.39, 0.29) is 5.91 Å². The van der Waals surface area contributed by atoms with Gasteiger partial charge in [0.25, 0.3) is 0 Å². The highest BCUT2D eigenvalue weighted by atomic mass is 35.5. The molecule has 0 aliphatic heterocycles. The molecular weight excluding hydrogens is 371 g/mol. The maximum Gasteiger partial charge on any atom is 0.236 e. The molecule has 1 saturated carbocycles. The molecule has 0 saturated heterocycles. The Labute approximate surface area is 161 Å². The fraction of sp³-hybridized carbons (Fsp3) is 0.200. The van der Waals surface area contributed by atoms with Gasteiger partial charge in [-0.2, -0.15) is 0 Å². The number of nitrogens with zero attached hydrogens (tertiary/aromatic N) is 1. The number of rotatable bonds is 4. The minimum atomic E-state index is -0.633. The second-order valence-corrected chi connectivity index (χ2v) is 7.43. The highest BCUT2D eigenvalue weighted by molar-refractivity contribution is 6.31. The number of carbonyl (C=O) groups excluding carboxylic acids is 1. The van der Waals surface area contributed by atoms with Gasteiger partial charge in [0.15, 0.2) is 5.76 Å². The fourth-order valence-corrected chi connectivity index (χ4v) is 3.20. The molecule has 1 aliphatic rings. The van der Waals surface area contributed by atoms with Gasteiger partial charge in [0.1, 0.15) is 0 Å². The van der Waals surface area contributed by atoms with E-state index in [4.69, 9.17) is 27.7 Å². The van der Waals surface area contributed by atoms with Gasteiger partial charge in [0, 0.05) is 27.4 Å². The summed E-state index contributed by atoms with van der Waals surface area (Å²) in [6.45, 7) is 1.92. The topological polar surface area (TPSA) is 55.1 Å². The molecule has 2 aromatic carbocycles. The van der Waals surface area contributed by atoms with Crippen LogP contribution in [0.2, 0.25) is 10.0 Å². The summed E-state index contributed by atoms with van der Waals surface area (Å²) in [7, 11) is 0. The third kappa shape index (κ3) is 3.11. The number of aryl methyl sites for hydroxylation is 1. The standard InChI is InChI=1S/C20H16Cl2N2O2/c1-12-2-7-15(10-16(12)22)23-19(25)20(8-9-20)18-11-17(26-24-18)13-3-5-14(21)6-4-13/h2-7,10-11H,8-9H2,1H3,(H,23,25). The molecule has 4 rings (SSSR count). The van der Waals surface area contributed by atoms with E-state index in [1.54, 1.807) is 18.2 Å². The lowest BCUT2D eigenvalue weighted by Crippen LogP contribution is -2.28. The molecule has 26 heavy (non-hydrogen) atoms. The van der Waals surface area contributed by atoms with Crippen molar-refractivity contribution < 1.29 is 9.32 Å². The van der Waals surface area contributed by atoms with Gasteiger partial charge in [-0.15, -0.1) is 0 Å². The normalized spacial score (nSPS) is 14.9. The van der Waals surface area contributed by atoms with Crippen LogP contribution in [0, 0.1) is 6.92 Å². The van der Waals surface area contributed by atoms with E-state index in [9.17, 15) is 4.79 Å². The van der Waals surface area contributed by atoms with Crippen LogP contribution in [0.3, 0.4) is 0 Å². The van der Waals surface area contributed by atoms with E-state index < -0.39 is 5.41 Å². The summed E-state index contributed by atoms with van der Waals surface area (Å²) in [5.41, 5.74) is 2.53. The van der Waals surface area contributed by atoms with Gasteiger partial charge in [0.2, 0.25) is 5.91 Å². The zero-order valence-electron chi connectivity index (χ0n) is 14.1. The number of carbonyl (C=O) groups is 1. The Morgan fingerprint density at radius 3 is 2.50 bits per heavy atom. The Bertz CT molecular complexity index is 976. The van der Waals surface area contributed by atoms with Crippen LogP contribution >= 0.6 is 23.2 Å². The Morgan fingerprint density at radius 1 is 1.12 bits per heavy atom. The monoisotopic (exact) mass is 386 g/mol. The second-order valence-electron chi connectivity index (χ2n) is 6.58. The van der Waals surface area contributed by atoms with E-state index in [0.717, 1.165) is 24.0 Å². The molecule has 1 amide bonds. The van der Waals surface area contributed by atoms with Gasteiger partial charge in [-0.25, -0.2) is 0 Å².